The Hall–Kier alpha value is -1.84. The standard InChI is InChI=1S/C20H23N3O3S2/c24-28(25)23-18(15-9-11-21-12-10-15)13-14-5-7-16(8-6-14)26-20-22-17-3-1-2-4-19(17)27-20/h1-8,15,18,21,23H,9-13H2,(H,24,25). The summed E-state index contributed by atoms with van der Waals surface area (Å²) in [5, 5.41) is 3.96. The van der Waals surface area contributed by atoms with E-state index in [2.05, 4.69) is 15.0 Å². The molecule has 2 heterocycles. The van der Waals surface area contributed by atoms with Crippen molar-refractivity contribution in [2.24, 2.45) is 5.92 Å². The molecule has 2 unspecified atom stereocenters. The number of piperidine rings is 1. The monoisotopic (exact) mass is 417 g/mol. The lowest BCUT2D eigenvalue weighted by molar-refractivity contribution is 0.300. The van der Waals surface area contributed by atoms with Crippen molar-refractivity contribution < 1.29 is 13.5 Å². The number of rotatable bonds is 7. The van der Waals surface area contributed by atoms with Crippen LogP contribution in [0.3, 0.4) is 0 Å². The Morgan fingerprint density at radius 2 is 1.96 bits per heavy atom. The maximum absolute atomic E-state index is 11.3. The first-order chi connectivity index (χ1) is 13.7. The van der Waals surface area contributed by atoms with Crippen molar-refractivity contribution in [3.8, 4) is 10.9 Å². The van der Waals surface area contributed by atoms with Crippen LogP contribution in [-0.2, 0) is 17.7 Å². The lowest BCUT2D eigenvalue weighted by atomic mass is 9.87. The van der Waals surface area contributed by atoms with E-state index in [0.29, 0.717) is 17.5 Å². The van der Waals surface area contributed by atoms with Gasteiger partial charge in [0.1, 0.15) is 5.75 Å². The van der Waals surface area contributed by atoms with Crippen LogP contribution in [0.5, 0.6) is 10.9 Å². The van der Waals surface area contributed by atoms with E-state index < -0.39 is 11.3 Å². The second-order valence-corrected chi connectivity index (χ2v) is 8.69. The van der Waals surface area contributed by atoms with Crippen molar-refractivity contribution in [3.63, 3.8) is 0 Å². The number of hydrogen-bond donors (Lipinski definition) is 3. The van der Waals surface area contributed by atoms with Gasteiger partial charge in [0.15, 0.2) is 0 Å². The average molecular weight is 418 g/mol. The molecule has 0 radical (unpaired) electrons. The van der Waals surface area contributed by atoms with Gasteiger partial charge in [-0.2, -0.15) is 0 Å². The number of ether oxygens (including phenoxy) is 1. The maximum Gasteiger partial charge on any atom is 0.279 e. The van der Waals surface area contributed by atoms with Gasteiger partial charge in [-0.25, -0.2) is 13.9 Å². The SMILES string of the molecule is O=S(O)NC(Cc1ccc(Oc2nc3ccccc3s2)cc1)C1CCNCC1. The maximum atomic E-state index is 11.3. The van der Waals surface area contributed by atoms with Crippen molar-refractivity contribution >= 4 is 32.8 Å². The molecule has 0 saturated carbocycles. The highest BCUT2D eigenvalue weighted by molar-refractivity contribution is 7.77. The molecule has 3 N–H and O–H groups in total. The molecule has 6 nitrogen and oxygen atoms in total. The summed E-state index contributed by atoms with van der Waals surface area (Å²) in [6, 6.07) is 15.8. The quantitative estimate of drug-likeness (QED) is 0.510. The number of aromatic nitrogens is 1. The van der Waals surface area contributed by atoms with E-state index in [-0.39, 0.29) is 6.04 Å². The molecule has 0 amide bonds. The molecular weight excluding hydrogens is 394 g/mol. The molecule has 8 heteroatoms. The molecule has 3 aromatic rings. The zero-order chi connectivity index (χ0) is 19.3. The number of benzene rings is 2. The number of nitrogens with zero attached hydrogens (tertiary/aromatic N) is 1. The Morgan fingerprint density at radius 1 is 1.21 bits per heavy atom. The first-order valence-electron chi connectivity index (χ1n) is 9.37. The number of nitrogens with one attached hydrogen (secondary N) is 2. The molecule has 1 aliphatic heterocycles. The van der Waals surface area contributed by atoms with Gasteiger partial charge in [0.05, 0.1) is 10.2 Å². The van der Waals surface area contributed by atoms with Crippen molar-refractivity contribution in [2.45, 2.75) is 25.3 Å². The third-order valence-electron chi connectivity index (χ3n) is 5.06. The molecule has 4 rings (SSSR count). The normalized spacial score (nSPS) is 17.5. The Kier molecular flexibility index (Phi) is 6.33. The minimum absolute atomic E-state index is 0.0241. The molecule has 0 aliphatic carbocycles. The Bertz CT molecular complexity index is 906. The summed E-state index contributed by atoms with van der Waals surface area (Å²) < 4.78 is 30.5. The smallest absolute Gasteiger partial charge is 0.279 e. The van der Waals surface area contributed by atoms with Crippen LogP contribution in [0.25, 0.3) is 10.2 Å². The van der Waals surface area contributed by atoms with E-state index in [1.54, 1.807) is 0 Å². The summed E-state index contributed by atoms with van der Waals surface area (Å²) in [6.45, 7) is 1.91. The van der Waals surface area contributed by atoms with Crippen molar-refractivity contribution in [2.75, 3.05) is 13.1 Å². The van der Waals surface area contributed by atoms with Gasteiger partial charge in [-0.1, -0.05) is 35.6 Å². The van der Waals surface area contributed by atoms with Crippen LogP contribution in [-0.4, -0.2) is 32.9 Å². The summed E-state index contributed by atoms with van der Waals surface area (Å²) in [5.41, 5.74) is 2.05. The largest absolute Gasteiger partial charge is 0.431 e. The molecule has 2 aromatic carbocycles. The van der Waals surface area contributed by atoms with Gasteiger partial charge in [-0.15, -0.1) is 0 Å². The molecule has 1 aliphatic rings. The van der Waals surface area contributed by atoms with Crippen molar-refractivity contribution in [1.29, 1.82) is 0 Å². The first-order valence-corrected chi connectivity index (χ1v) is 11.3. The molecule has 0 bridgehead atoms. The molecule has 148 valence electrons. The lowest BCUT2D eigenvalue weighted by Crippen LogP contribution is -2.43. The van der Waals surface area contributed by atoms with E-state index in [1.807, 2.05) is 48.5 Å². The summed E-state index contributed by atoms with van der Waals surface area (Å²) in [7, 11) is 0. The highest BCUT2D eigenvalue weighted by Gasteiger charge is 2.25. The van der Waals surface area contributed by atoms with Crippen molar-refractivity contribution in [1.82, 2.24) is 15.0 Å². The highest BCUT2D eigenvalue weighted by Crippen LogP contribution is 2.31. The van der Waals surface area contributed by atoms with Gasteiger partial charge in [0.25, 0.3) is 5.19 Å². The average Bonchev–Trinajstić information content (AvgIpc) is 3.11. The second-order valence-electron chi connectivity index (χ2n) is 6.96. The van der Waals surface area contributed by atoms with Gasteiger partial charge in [-0.05, 0) is 68.1 Å². The molecule has 1 saturated heterocycles. The third kappa shape index (κ3) is 4.95. The Labute approximate surface area is 170 Å². The van der Waals surface area contributed by atoms with Crippen LogP contribution in [0.15, 0.2) is 48.5 Å². The fourth-order valence-electron chi connectivity index (χ4n) is 3.62. The van der Waals surface area contributed by atoms with Crippen LogP contribution in [0.4, 0.5) is 0 Å². The van der Waals surface area contributed by atoms with E-state index in [1.165, 1.54) is 11.3 Å². The third-order valence-corrected chi connectivity index (χ3v) is 6.48. The van der Waals surface area contributed by atoms with Gasteiger partial charge in [-0.3, -0.25) is 4.55 Å². The predicted molar refractivity (Wildman–Crippen MR) is 113 cm³/mol. The fourth-order valence-corrected chi connectivity index (χ4v) is 4.99. The fraction of sp³-hybridized carbons (Fsp3) is 0.350. The van der Waals surface area contributed by atoms with Gasteiger partial charge < -0.3 is 10.1 Å². The molecule has 28 heavy (non-hydrogen) atoms. The lowest BCUT2D eigenvalue weighted by Gasteiger charge is -2.30. The van der Waals surface area contributed by atoms with Crippen LogP contribution >= 0.6 is 11.3 Å². The summed E-state index contributed by atoms with van der Waals surface area (Å²) >= 11 is -0.490. The Balaban J connectivity index is 1.43. The Morgan fingerprint density at radius 3 is 2.68 bits per heavy atom. The second kappa shape index (κ2) is 9.11. The topological polar surface area (TPSA) is 83.5 Å². The minimum Gasteiger partial charge on any atom is -0.431 e. The first kappa shape index (κ1) is 19.5. The number of fused-ring (bicyclic) bond motifs is 1. The van der Waals surface area contributed by atoms with Crippen LogP contribution in [0, 0.1) is 5.92 Å². The predicted octanol–water partition coefficient (Wildman–Crippen LogP) is 3.73. The van der Waals surface area contributed by atoms with Crippen LogP contribution in [0.2, 0.25) is 0 Å². The minimum atomic E-state index is -2.01. The van der Waals surface area contributed by atoms with Gasteiger partial charge in [0, 0.05) is 6.04 Å². The number of hydrogen-bond acceptors (Lipinski definition) is 5. The zero-order valence-corrected chi connectivity index (χ0v) is 17.0. The van der Waals surface area contributed by atoms with E-state index in [4.69, 9.17) is 4.74 Å². The molecule has 0 spiro atoms. The summed E-state index contributed by atoms with van der Waals surface area (Å²) in [4.78, 5) is 4.49. The molecular formula is C20H23N3O3S2. The summed E-state index contributed by atoms with van der Waals surface area (Å²) in [5.74, 6) is 1.12. The van der Waals surface area contributed by atoms with Gasteiger partial charge in [0.2, 0.25) is 11.3 Å². The van der Waals surface area contributed by atoms with Gasteiger partial charge >= 0.3 is 0 Å². The number of para-hydroxylation sites is 1. The highest BCUT2D eigenvalue weighted by atomic mass is 32.2. The summed E-state index contributed by atoms with van der Waals surface area (Å²) in [6.07, 6.45) is 2.72. The molecule has 1 aromatic heterocycles. The number of thiazole rings is 1. The van der Waals surface area contributed by atoms with Crippen LogP contribution in [0.1, 0.15) is 18.4 Å². The molecule has 1 fully saturated rings. The van der Waals surface area contributed by atoms with Crippen molar-refractivity contribution in [3.05, 3.63) is 54.1 Å². The van der Waals surface area contributed by atoms with E-state index in [9.17, 15) is 8.76 Å². The zero-order valence-electron chi connectivity index (χ0n) is 15.3. The van der Waals surface area contributed by atoms with Crippen LogP contribution < -0.4 is 14.8 Å². The van der Waals surface area contributed by atoms with E-state index in [0.717, 1.165) is 47.5 Å². The molecule has 2 atom stereocenters. The van der Waals surface area contributed by atoms with E-state index >= 15 is 0 Å².